The van der Waals surface area contributed by atoms with Gasteiger partial charge < -0.3 is 14.8 Å². The minimum absolute atomic E-state index is 0.220. The highest BCUT2D eigenvalue weighted by Gasteiger charge is 2.43. The number of hydrogen-bond donors (Lipinski definition) is 2. The normalized spacial score (nSPS) is 28.4. The summed E-state index contributed by atoms with van der Waals surface area (Å²) >= 11 is 0. The lowest BCUT2D eigenvalue weighted by atomic mass is 9.74. The first kappa shape index (κ1) is 15.1. The number of carboxylic acid groups (broad SMARTS) is 1. The Labute approximate surface area is 129 Å². The molecule has 2 N–H and O–H groups in total. The van der Waals surface area contributed by atoms with Crippen LogP contribution in [-0.2, 0) is 4.79 Å². The van der Waals surface area contributed by atoms with Crippen LogP contribution in [0.25, 0.3) is 0 Å². The third-order valence-corrected chi connectivity index (χ3v) is 4.85. The Bertz CT molecular complexity index is 605. The van der Waals surface area contributed by atoms with E-state index in [2.05, 4.69) is 10.3 Å². The SMILES string of the molecule is Cc1nc(C2CC2)oc1C(=O)NC1(C)CCCCC1C(=O)O. The summed E-state index contributed by atoms with van der Waals surface area (Å²) in [5.41, 5.74) is -0.161. The number of nitrogens with one attached hydrogen (secondary N) is 1. The van der Waals surface area contributed by atoms with Gasteiger partial charge in [0.1, 0.15) is 0 Å². The molecule has 3 rings (SSSR count). The highest BCUT2D eigenvalue weighted by atomic mass is 16.4. The number of carboxylic acids is 1. The van der Waals surface area contributed by atoms with E-state index in [0.717, 1.165) is 25.7 Å². The molecular formula is C16H22N2O4. The van der Waals surface area contributed by atoms with E-state index >= 15 is 0 Å². The number of hydrogen-bond acceptors (Lipinski definition) is 4. The maximum atomic E-state index is 12.5. The lowest BCUT2D eigenvalue weighted by Crippen LogP contribution is -2.55. The molecule has 6 heteroatoms. The van der Waals surface area contributed by atoms with Crippen molar-refractivity contribution in [3.8, 4) is 0 Å². The summed E-state index contributed by atoms with van der Waals surface area (Å²) in [5, 5.41) is 12.3. The van der Waals surface area contributed by atoms with Crippen LogP contribution >= 0.6 is 0 Å². The number of carbonyl (C=O) groups excluding carboxylic acids is 1. The van der Waals surface area contributed by atoms with Crippen LogP contribution in [0.4, 0.5) is 0 Å². The van der Waals surface area contributed by atoms with Crippen LogP contribution in [0.15, 0.2) is 4.42 Å². The summed E-state index contributed by atoms with van der Waals surface area (Å²) < 4.78 is 5.61. The number of aliphatic carboxylic acids is 1. The molecule has 6 nitrogen and oxygen atoms in total. The lowest BCUT2D eigenvalue weighted by Gasteiger charge is -2.39. The number of aryl methyl sites for hydroxylation is 1. The van der Waals surface area contributed by atoms with E-state index < -0.39 is 17.4 Å². The van der Waals surface area contributed by atoms with Gasteiger partial charge in [-0.25, -0.2) is 4.98 Å². The Morgan fingerprint density at radius 3 is 2.68 bits per heavy atom. The first-order valence-corrected chi connectivity index (χ1v) is 7.93. The van der Waals surface area contributed by atoms with Crippen LogP contribution < -0.4 is 5.32 Å². The number of oxazole rings is 1. The van der Waals surface area contributed by atoms with Crippen LogP contribution in [0.3, 0.4) is 0 Å². The molecule has 0 bridgehead atoms. The summed E-state index contributed by atoms with van der Waals surface area (Å²) in [6.07, 6.45) is 5.17. The molecule has 2 saturated carbocycles. The fraction of sp³-hybridized carbons (Fsp3) is 0.688. The Morgan fingerprint density at radius 2 is 2.05 bits per heavy atom. The maximum Gasteiger partial charge on any atom is 0.308 e. The number of aromatic nitrogens is 1. The minimum Gasteiger partial charge on any atom is -0.481 e. The topological polar surface area (TPSA) is 92.4 Å². The standard InChI is InChI=1S/C16H22N2O4/c1-9-12(22-14(17-9)10-6-7-10)13(19)18-16(2)8-4-3-5-11(16)15(20)21/h10-11H,3-8H2,1-2H3,(H,18,19)(H,20,21). The van der Waals surface area contributed by atoms with Crippen molar-refractivity contribution in [1.82, 2.24) is 10.3 Å². The zero-order valence-electron chi connectivity index (χ0n) is 13.0. The van der Waals surface area contributed by atoms with E-state index in [1.807, 2.05) is 6.92 Å². The van der Waals surface area contributed by atoms with Crippen molar-refractivity contribution in [2.45, 2.75) is 63.8 Å². The molecule has 2 unspecified atom stereocenters. The van der Waals surface area contributed by atoms with Gasteiger partial charge in [-0.05, 0) is 39.5 Å². The number of amides is 1. The van der Waals surface area contributed by atoms with Gasteiger partial charge in [-0.2, -0.15) is 0 Å². The molecule has 22 heavy (non-hydrogen) atoms. The molecule has 0 radical (unpaired) electrons. The predicted octanol–water partition coefficient (Wildman–Crippen LogP) is 2.62. The van der Waals surface area contributed by atoms with Crippen molar-refractivity contribution >= 4 is 11.9 Å². The van der Waals surface area contributed by atoms with Crippen LogP contribution in [-0.4, -0.2) is 27.5 Å². The van der Waals surface area contributed by atoms with Crippen LogP contribution in [0.5, 0.6) is 0 Å². The highest BCUT2D eigenvalue weighted by molar-refractivity contribution is 5.93. The first-order chi connectivity index (χ1) is 10.4. The van der Waals surface area contributed by atoms with E-state index in [9.17, 15) is 14.7 Å². The van der Waals surface area contributed by atoms with Crippen molar-refractivity contribution in [3.05, 3.63) is 17.3 Å². The van der Waals surface area contributed by atoms with Crippen molar-refractivity contribution < 1.29 is 19.1 Å². The van der Waals surface area contributed by atoms with Gasteiger partial charge in [0.2, 0.25) is 5.76 Å². The molecule has 2 fully saturated rings. The predicted molar refractivity (Wildman–Crippen MR) is 78.7 cm³/mol. The average molecular weight is 306 g/mol. The van der Waals surface area contributed by atoms with Crippen LogP contribution in [0.1, 0.15) is 73.5 Å². The quantitative estimate of drug-likeness (QED) is 0.892. The fourth-order valence-electron chi connectivity index (χ4n) is 3.33. The molecule has 2 atom stereocenters. The minimum atomic E-state index is -0.851. The second kappa shape index (κ2) is 5.41. The van der Waals surface area contributed by atoms with E-state index in [0.29, 0.717) is 30.3 Å². The third kappa shape index (κ3) is 2.74. The average Bonchev–Trinajstić information content (AvgIpc) is 3.21. The first-order valence-electron chi connectivity index (χ1n) is 7.93. The largest absolute Gasteiger partial charge is 0.481 e. The van der Waals surface area contributed by atoms with E-state index in [-0.39, 0.29) is 11.7 Å². The van der Waals surface area contributed by atoms with Gasteiger partial charge in [-0.15, -0.1) is 0 Å². The summed E-state index contributed by atoms with van der Waals surface area (Å²) in [6.45, 7) is 3.57. The van der Waals surface area contributed by atoms with Crippen LogP contribution in [0.2, 0.25) is 0 Å². The van der Waals surface area contributed by atoms with Crippen molar-refractivity contribution in [3.63, 3.8) is 0 Å². The molecule has 0 aliphatic heterocycles. The monoisotopic (exact) mass is 306 g/mol. The molecule has 1 aromatic heterocycles. The lowest BCUT2D eigenvalue weighted by molar-refractivity contribution is -0.145. The Hall–Kier alpha value is -1.85. The molecule has 2 aliphatic carbocycles. The Morgan fingerprint density at radius 1 is 1.32 bits per heavy atom. The Balaban J connectivity index is 1.78. The smallest absolute Gasteiger partial charge is 0.308 e. The zero-order valence-corrected chi connectivity index (χ0v) is 13.0. The molecule has 0 aromatic carbocycles. The summed E-state index contributed by atoms with van der Waals surface area (Å²) in [6, 6.07) is 0. The number of nitrogens with zero attached hydrogens (tertiary/aromatic N) is 1. The molecule has 0 saturated heterocycles. The van der Waals surface area contributed by atoms with Gasteiger partial charge in [0.15, 0.2) is 5.89 Å². The van der Waals surface area contributed by atoms with Gasteiger partial charge in [-0.3, -0.25) is 9.59 Å². The molecular weight excluding hydrogens is 284 g/mol. The molecule has 1 aromatic rings. The second-order valence-corrected chi connectivity index (χ2v) is 6.75. The molecule has 120 valence electrons. The van der Waals surface area contributed by atoms with Crippen molar-refractivity contribution in [2.24, 2.45) is 5.92 Å². The van der Waals surface area contributed by atoms with Crippen molar-refractivity contribution in [1.29, 1.82) is 0 Å². The Kier molecular flexibility index (Phi) is 3.70. The van der Waals surface area contributed by atoms with Gasteiger partial charge in [-0.1, -0.05) is 12.8 Å². The van der Waals surface area contributed by atoms with E-state index in [1.165, 1.54) is 0 Å². The van der Waals surface area contributed by atoms with Gasteiger partial charge in [0.05, 0.1) is 17.2 Å². The molecule has 1 heterocycles. The van der Waals surface area contributed by atoms with Gasteiger partial charge in [0.25, 0.3) is 5.91 Å². The van der Waals surface area contributed by atoms with Gasteiger partial charge >= 0.3 is 5.97 Å². The van der Waals surface area contributed by atoms with Gasteiger partial charge in [0, 0.05) is 5.92 Å². The molecule has 2 aliphatic rings. The fourth-order valence-corrected chi connectivity index (χ4v) is 3.33. The summed E-state index contributed by atoms with van der Waals surface area (Å²) in [7, 11) is 0. The highest BCUT2D eigenvalue weighted by Crippen LogP contribution is 2.40. The number of carbonyl (C=O) groups is 2. The van der Waals surface area contributed by atoms with E-state index in [4.69, 9.17) is 4.42 Å². The van der Waals surface area contributed by atoms with Crippen LogP contribution in [0, 0.1) is 12.8 Å². The zero-order chi connectivity index (χ0) is 15.9. The van der Waals surface area contributed by atoms with E-state index in [1.54, 1.807) is 6.92 Å². The summed E-state index contributed by atoms with van der Waals surface area (Å²) in [5.74, 6) is -0.569. The third-order valence-electron chi connectivity index (χ3n) is 4.85. The second-order valence-electron chi connectivity index (χ2n) is 6.75. The van der Waals surface area contributed by atoms with Crippen molar-refractivity contribution in [2.75, 3.05) is 0 Å². The summed E-state index contributed by atoms with van der Waals surface area (Å²) in [4.78, 5) is 28.3. The maximum absolute atomic E-state index is 12.5. The molecule has 1 amide bonds. The molecule has 0 spiro atoms. The number of rotatable bonds is 4.